The van der Waals surface area contributed by atoms with Crippen LogP contribution in [-0.2, 0) is 4.79 Å². The molecule has 0 radical (unpaired) electrons. The fraction of sp³-hybridized carbons (Fsp3) is 0.618. The summed E-state index contributed by atoms with van der Waals surface area (Å²) in [5.74, 6) is -0.0945. The second kappa shape index (κ2) is 49.2. The summed E-state index contributed by atoms with van der Waals surface area (Å²) in [4.78, 5) is 12.4. The molecule has 334 valence electrons. The van der Waals surface area contributed by atoms with Crippen molar-refractivity contribution in [2.75, 3.05) is 6.61 Å². The summed E-state index contributed by atoms with van der Waals surface area (Å²) in [5.41, 5.74) is 0. The number of rotatable bonds is 42. The van der Waals surface area contributed by atoms with Crippen molar-refractivity contribution in [2.24, 2.45) is 0 Å². The summed E-state index contributed by atoms with van der Waals surface area (Å²) >= 11 is 0. The van der Waals surface area contributed by atoms with E-state index in [-0.39, 0.29) is 12.5 Å². The fourth-order valence-electron chi connectivity index (χ4n) is 6.50. The van der Waals surface area contributed by atoms with Gasteiger partial charge in [-0.15, -0.1) is 0 Å². The van der Waals surface area contributed by atoms with Crippen LogP contribution < -0.4 is 5.32 Å². The Morgan fingerprint density at radius 1 is 0.424 bits per heavy atom. The first-order chi connectivity index (χ1) is 29.2. The Bertz CT molecular complexity index is 1200. The predicted molar refractivity (Wildman–Crippen MR) is 262 cm³/mol. The summed E-state index contributed by atoms with van der Waals surface area (Å²) in [6, 6.07) is -0.656. The van der Waals surface area contributed by atoms with Crippen LogP contribution in [0.4, 0.5) is 0 Å². The minimum atomic E-state index is -0.877. The zero-order chi connectivity index (χ0) is 42.8. The van der Waals surface area contributed by atoms with Gasteiger partial charge >= 0.3 is 0 Å². The van der Waals surface area contributed by atoms with Gasteiger partial charge in [0.15, 0.2) is 0 Å². The highest BCUT2D eigenvalue weighted by atomic mass is 16.3. The van der Waals surface area contributed by atoms with E-state index in [4.69, 9.17) is 0 Å². The Morgan fingerprint density at radius 3 is 1.19 bits per heavy atom. The molecule has 4 heteroatoms. The van der Waals surface area contributed by atoms with Gasteiger partial charge in [0.25, 0.3) is 0 Å². The Labute approximate surface area is 365 Å². The molecule has 0 spiro atoms. The monoisotopic (exact) mass is 814 g/mol. The lowest BCUT2D eigenvalue weighted by molar-refractivity contribution is -0.123. The van der Waals surface area contributed by atoms with Crippen LogP contribution in [0.1, 0.15) is 200 Å². The van der Waals surface area contributed by atoms with Gasteiger partial charge in [0, 0.05) is 6.42 Å². The van der Waals surface area contributed by atoms with Gasteiger partial charge in [0.1, 0.15) is 0 Å². The van der Waals surface area contributed by atoms with Crippen LogP contribution in [0.15, 0.2) is 122 Å². The molecule has 3 N–H and O–H groups in total. The van der Waals surface area contributed by atoms with E-state index in [0.717, 1.165) is 96.3 Å². The number of carbonyl (C=O) groups is 1. The van der Waals surface area contributed by atoms with Crippen molar-refractivity contribution in [3.63, 3.8) is 0 Å². The molecule has 0 fully saturated rings. The lowest BCUT2D eigenvalue weighted by atomic mass is 10.1. The van der Waals surface area contributed by atoms with Crippen molar-refractivity contribution in [3.05, 3.63) is 122 Å². The second-order valence-electron chi connectivity index (χ2n) is 15.8. The van der Waals surface area contributed by atoms with Crippen LogP contribution >= 0.6 is 0 Å². The summed E-state index contributed by atoms with van der Waals surface area (Å²) in [5, 5.41) is 23.0. The average molecular weight is 814 g/mol. The molecule has 0 saturated carbocycles. The van der Waals surface area contributed by atoms with Crippen LogP contribution in [0, 0.1) is 0 Å². The number of nitrogens with one attached hydrogen (secondary N) is 1. The fourth-order valence-corrected chi connectivity index (χ4v) is 6.50. The Morgan fingerprint density at radius 2 is 0.763 bits per heavy atom. The molecule has 0 aliphatic heterocycles. The van der Waals surface area contributed by atoms with Crippen LogP contribution in [0.3, 0.4) is 0 Å². The summed E-state index contributed by atoms with van der Waals surface area (Å²) in [6.07, 6.45) is 76.0. The standard InChI is InChI=1S/C55H91NO3/c1-3-5-7-9-11-13-15-17-19-21-22-23-24-25-26-27-28-29-30-31-32-33-34-35-37-39-41-43-45-47-49-51-55(59)56-53(52-57)54(58)50-48-46-44-42-40-38-36-20-18-16-14-12-10-8-6-4-2/h5,7,11,13,17,19,22-23,25-26,28-29,31-32,34-35,40,42,48,50,53-54,57-58H,3-4,6,8-10,12,14-16,18,20-21,24,27,30,33,36-39,41,43-47,49,51-52H2,1-2H3,(H,56,59)/b7-5-,13-11-,19-17-,23-22-,26-25-,29-28-,32-31-,35-34-,42-40+,50-48+. The quantitative estimate of drug-likeness (QED) is 0.0425. The number of carbonyl (C=O) groups excluding carboxylic acids is 1. The highest BCUT2D eigenvalue weighted by Crippen LogP contribution is 2.12. The van der Waals surface area contributed by atoms with Crippen molar-refractivity contribution < 1.29 is 15.0 Å². The molecule has 0 aliphatic rings. The normalized spacial score (nSPS) is 14.0. The smallest absolute Gasteiger partial charge is 0.220 e. The largest absolute Gasteiger partial charge is 0.394 e. The van der Waals surface area contributed by atoms with Crippen LogP contribution in [0.5, 0.6) is 0 Å². The molecular formula is C55H91NO3. The molecule has 4 nitrogen and oxygen atoms in total. The van der Waals surface area contributed by atoms with Gasteiger partial charge in [-0.3, -0.25) is 4.79 Å². The van der Waals surface area contributed by atoms with Crippen LogP contribution in [0.25, 0.3) is 0 Å². The Hall–Kier alpha value is -3.21. The lowest BCUT2D eigenvalue weighted by Crippen LogP contribution is -2.45. The lowest BCUT2D eigenvalue weighted by Gasteiger charge is -2.19. The van der Waals surface area contributed by atoms with E-state index in [1.165, 1.54) is 83.5 Å². The van der Waals surface area contributed by atoms with E-state index in [0.29, 0.717) is 6.42 Å². The van der Waals surface area contributed by atoms with Crippen molar-refractivity contribution in [1.82, 2.24) is 5.32 Å². The van der Waals surface area contributed by atoms with Gasteiger partial charge in [-0.25, -0.2) is 0 Å². The van der Waals surface area contributed by atoms with Gasteiger partial charge < -0.3 is 15.5 Å². The maximum absolute atomic E-state index is 12.4. The Balaban J connectivity index is 3.71. The number of aliphatic hydroxyl groups excluding tert-OH is 2. The summed E-state index contributed by atoms with van der Waals surface area (Å²) in [7, 11) is 0. The molecule has 0 saturated heterocycles. The zero-order valence-corrected chi connectivity index (χ0v) is 38.2. The van der Waals surface area contributed by atoms with E-state index >= 15 is 0 Å². The number of unbranched alkanes of at least 4 members (excludes halogenated alkanes) is 17. The van der Waals surface area contributed by atoms with Crippen molar-refractivity contribution in [2.45, 2.75) is 212 Å². The number of amides is 1. The first kappa shape index (κ1) is 55.8. The van der Waals surface area contributed by atoms with Gasteiger partial charge in [0.2, 0.25) is 5.91 Å². The van der Waals surface area contributed by atoms with E-state index in [2.05, 4.69) is 129 Å². The van der Waals surface area contributed by atoms with Gasteiger partial charge in [-0.05, 0) is 96.3 Å². The molecular weight excluding hydrogens is 723 g/mol. The molecule has 59 heavy (non-hydrogen) atoms. The van der Waals surface area contributed by atoms with Crippen molar-refractivity contribution in [3.8, 4) is 0 Å². The Kier molecular flexibility index (Phi) is 46.5. The molecule has 0 aromatic rings. The molecule has 2 atom stereocenters. The molecule has 0 aromatic heterocycles. The first-order valence-corrected chi connectivity index (χ1v) is 24.2. The zero-order valence-electron chi connectivity index (χ0n) is 38.2. The summed E-state index contributed by atoms with van der Waals surface area (Å²) < 4.78 is 0. The second-order valence-corrected chi connectivity index (χ2v) is 15.8. The van der Waals surface area contributed by atoms with Crippen molar-refractivity contribution >= 4 is 5.91 Å². The van der Waals surface area contributed by atoms with Crippen LogP contribution in [-0.4, -0.2) is 34.9 Å². The average Bonchev–Trinajstić information content (AvgIpc) is 3.24. The molecule has 0 aromatic carbocycles. The highest BCUT2D eigenvalue weighted by molar-refractivity contribution is 5.76. The summed E-state index contributed by atoms with van der Waals surface area (Å²) in [6.45, 7) is 4.16. The third-order valence-electron chi connectivity index (χ3n) is 10.2. The van der Waals surface area contributed by atoms with Gasteiger partial charge in [0.05, 0.1) is 18.8 Å². The third-order valence-corrected chi connectivity index (χ3v) is 10.2. The topological polar surface area (TPSA) is 69.6 Å². The molecule has 0 heterocycles. The predicted octanol–water partition coefficient (Wildman–Crippen LogP) is 15.7. The maximum Gasteiger partial charge on any atom is 0.220 e. The van der Waals surface area contributed by atoms with Gasteiger partial charge in [-0.1, -0.05) is 219 Å². The van der Waals surface area contributed by atoms with Crippen LogP contribution in [0.2, 0.25) is 0 Å². The molecule has 0 aliphatic carbocycles. The minimum absolute atomic E-state index is 0.0945. The third kappa shape index (κ3) is 45.7. The van der Waals surface area contributed by atoms with E-state index in [1.54, 1.807) is 6.08 Å². The van der Waals surface area contributed by atoms with E-state index < -0.39 is 12.1 Å². The number of aliphatic hydroxyl groups is 2. The number of hydrogen-bond acceptors (Lipinski definition) is 3. The van der Waals surface area contributed by atoms with Gasteiger partial charge in [-0.2, -0.15) is 0 Å². The molecule has 2 unspecified atom stereocenters. The molecule has 0 bridgehead atoms. The number of hydrogen-bond donors (Lipinski definition) is 3. The van der Waals surface area contributed by atoms with E-state index in [9.17, 15) is 15.0 Å². The van der Waals surface area contributed by atoms with E-state index in [1.807, 2.05) is 6.08 Å². The molecule has 1 amide bonds. The first-order valence-electron chi connectivity index (χ1n) is 24.2. The SMILES string of the molecule is CC/C=C\C/C=C\C/C=C\C/C=C\C/C=C\C/C=C\C/C=C\C/C=C\CCCCCCCCC(=O)NC(CO)C(O)/C=C/CC/C=C/CCCCCCCCCCCC. The molecule has 0 rings (SSSR count). The highest BCUT2D eigenvalue weighted by Gasteiger charge is 2.17. The maximum atomic E-state index is 12.4. The number of allylic oxidation sites excluding steroid dienone is 19. The van der Waals surface area contributed by atoms with Crippen molar-refractivity contribution in [1.29, 1.82) is 0 Å². The minimum Gasteiger partial charge on any atom is -0.394 e.